The molecule has 1 atom stereocenters. The Hall–Kier alpha value is -2.55. The molecule has 33 heavy (non-hydrogen) atoms. The van der Waals surface area contributed by atoms with E-state index in [4.69, 9.17) is 0 Å². The van der Waals surface area contributed by atoms with Crippen LogP contribution >= 0.6 is 11.3 Å². The van der Waals surface area contributed by atoms with Crippen LogP contribution in [0.1, 0.15) is 50.2 Å². The van der Waals surface area contributed by atoms with Gasteiger partial charge in [0.05, 0.1) is 10.6 Å². The molecule has 0 spiro atoms. The number of nitrogens with zero attached hydrogens (tertiary/aromatic N) is 2. The van der Waals surface area contributed by atoms with Crippen LogP contribution in [-0.4, -0.2) is 36.2 Å². The Morgan fingerprint density at radius 2 is 1.79 bits per heavy atom. The molecule has 3 aromatic rings. The first-order valence-electron chi connectivity index (χ1n) is 11.2. The highest BCUT2D eigenvalue weighted by molar-refractivity contribution is 7.89. The highest BCUT2D eigenvalue weighted by Gasteiger charge is 2.37. The van der Waals surface area contributed by atoms with Crippen LogP contribution in [0.5, 0.6) is 0 Å². The molecule has 4 rings (SSSR count). The predicted molar refractivity (Wildman–Crippen MR) is 133 cm³/mol. The van der Waals surface area contributed by atoms with E-state index in [1.54, 1.807) is 24.3 Å². The molecule has 0 radical (unpaired) electrons. The number of aryl methyl sites for hydroxylation is 1. The van der Waals surface area contributed by atoms with Crippen molar-refractivity contribution in [2.75, 3.05) is 11.9 Å². The Labute approximate surface area is 199 Å². The number of amides is 1. The molecule has 1 aromatic heterocycles. The van der Waals surface area contributed by atoms with Gasteiger partial charge < -0.3 is 5.32 Å². The average molecular weight is 484 g/mol. The summed E-state index contributed by atoms with van der Waals surface area (Å²) in [5.74, 6) is 0.125. The Morgan fingerprint density at radius 3 is 2.45 bits per heavy atom. The largest absolute Gasteiger partial charge is 0.301 e. The molecule has 1 aliphatic heterocycles. The lowest BCUT2D eigenvalue weighted by atomic mass is 10.0. The van der Waals surface area contributed by atoms with E-state index < -0.39 is 16.1 Å². The van der Waals surface area contributed by atoms with E-state index in [0.29, 0.717) is 24.0 Å². The van der Waals surface area contributed by atoms with Crippen LogP contribution < -0.4 is 5.32 Å². The van der Waals surface area contributed by atoms with Gasteiger partial charge in [-0.05, 0) is 43.4 Å². The maximum Gasteiger partial charge on any atom is 0.244 e. The van der Waals surface area contributed by atoms with E-state index in [0.717, 1.165) is 29.7 Å². The molecule has 1 N–H and O–H groups in total. The smallest absolute Gasteiger partial charge is 0.244 e. The number of piperidine rings is 1. The highest BCUT2D eigenvalue weighted by atomic mass is 32.2. The number of rotatable bonds is 6. The van der Waals surface area contributed by atoms with Crippen molar-refractivity contribution < 1.29 is 13.2 Å². The number of carbonyl (C=O) groups is 1. The zero-order chi connectivity index (χ0) is 23.6. The standard InChI is InChI=1S/C25H29N3O3S2/c1-17(2)19-9-11-20(12-10-19)22-16-32-25(26-22)27-24(29)23-6-4-5-15-28(23)33(30,31)21-13-7-18(3)8-14-21/h7-14,16-17,23H,4-6,15H2,1-3H3,(H,26,27,29)/t23-/m1/s1. The van der Waals surface area contributed by atoms with Crippen molar-refractivity contribution >= 4 is 32.4 Å². The summed E-state index contributed by atoms with van der Waals surface area (Å²) in [5, 5.41) is 5.23. The molecule has 1 saturated heterocycles. The van der Waals surface area contributed by atoms with Crippen LogP contribution in [0.25, 0.3) is 11.3 Å². The summed E-state index contributed by atoms with van der Waals surface area (Å²) < 4.78 is 27.9. The van der Waals surface area contributed by atoms with E-state index in [2.05, 4.69) is 36.3 Å². The minimum absolute atomic E-state index is 0.217. The Balaban J connectivity index is 1.50. The molecule has 0 saturated carbocycles. The third-order valence-corrected chi connectivity index (χ3v) is 8.67. The number of benzene rings is 2. The number of nitrogens with one attached hydrogen (secondary N) is 1. The molecule has 0 bridgehead atoms. The first-order valence-corrected chi connectivity index (χ1v) is 13.5. The Morgan fingerprint density at radius 1 is 1.09 bits per heavy atom. The van der Waals surface area contributed by atoms with Gasteiger partial charge >= 0.3 is 0 Å². The van der Waals surface area contributed by atoms with Crippen molar-refractivity contribution in [2.24, 2.45) is 0 Å². The van der Waals surface area contributed by atoms with Gasteiger partial charge in [-0.1, -0.05) is 62.2 Å². The van der Waals surface area contributed by atoms with Crippen molar-refractivity contribution in [3.05, 3.63) is 65.0 Å². The van der Waals surface area contributed by atoms with Crippen LogP contribution in [-0.2, 0) is 14.8 Å². The highest BCUT2D eigenvalue weighted by Crippen LogP contribution is 2.29. The van der Waals surface area contributed by atoms with Gasteiger partial charge in [0.2, 0.25) is 15.9 Å². The molecule has 0 aliphatic carbocycles. The molecule has 1 amide bonds. The fourth-order valence-electron chi connectivity index (χ4n) is 3.99. The number of thiazole rings is 1. The predicted octanol–water partition coefficient (Wildman–Crippen LogP) is 5.42. The molecule has 6 nitrogen and oxygen atoms in total. The molecule has 2 aromatic carbocycles. The molecular weight excluding hydrogens is 454 g/mol. The zero-order valence-corrected chi connectivity index (χ0v) is 20.7. The van der Waals surface area contributed by atoms with Gasteiger partial charge in [0, 0.05) is 17.5 Å². The number of aromatic nitrogens is 1. The van der Waals surface area contributed by atoms with E-state index >= 15 is 0 Å². The van der Waals surface area contributed by atoms with Gasteiger partial charge in [0.25, 0.3) is 0 Å². The van der Waals surface area contributed by atoms with Gasteiger partial charge in [-0.2, -0.15) is 4.31 Å². The maximum atomic E-state index is 13.3. The molecule has 1 fully saturated rings. The van der Waals surface area contributed by atoms with Crippen LogP contribution in [0.15, 0.2) is 58.8 Å². The number of hydrogen-bond donors (Lipinski definition) is 1. The lowest BCUT2D eigenvalue weighted by Gasteiger charge is -2.33. The number of anilines is 1. The number of sulfonamides is 1. The van der Waals surface area contributed by atoms with Crippen LogP contribution in [0.3, 0.4) is 0 Å². The number of carbonyl (C=O) groups excluding carboxylic acids is 1. The fraction of sp³-hybridized carbons (Fsp3) is 0.360. The minimum atomic E-state index is -3.76. The van der Waals surface area contributed by atoms with Crippen LogP contribution in [0.2, 0.25) is 0 Å². The van der Waals surface area contributed by atoms with Crippen molar-refractivity contribution in [2.45, 2.75) is 56.9 Å². The molecule has 1 aliphatic rings. The summed E-state index contributed by atoms with van der Waals surface area (Å²) in [4.78, 5) is 17.9. The lowest BCUT2D eigenvalue weighted by Crippen LogP contribution is -2.49. The van der Waals surface area contributed by atoms with E-state index in [1.807, 2.05) is 24.4 Å². The maximum absolute atomic E-state index is 13.3. The van der Waals surface area contributed by atoms with Crippen LogP contribution in [0, 0.1) is 6.92 Å². The summed E-state index contributed by atoms with van der Waals surface area (Å²) >= 11 is 1.34. The topological polar surface area (TPSA) is 79.4 Å². The van der Waals surface area contributed by atoms with Gasteiger partial charge in [0.15, 0.2) is 5.13 Å². The van der Waals surface area contributed by atoms with Gasteiger partial charge in [0.1, 0.15) is 6.04 Å². The Kier molecular flexibility index (Phi) is 6.97. The van der Waals surface area contributed by atoms with E-state index in [-0.39, 0.29) is 10.8 Å². The third kappa shape index (κ3) is 5.18. The zero-order valence-electron chi connectivity index (χ0n) is 19.1. The summed E-state index contributed by atoms with van der Waals surface area (Å²) in [6, 6.07) is 14.3. The normalized spacial score (nSPS) is 17.3. The molecule has 0 unspecified atom stereocenters. The molecular formula is C25H29N3O3S2. The van der Waals surface area contributed by atoms with Gasteiger partial charge in [-0.15, -0.1) is 11.3 Å². The van der Waals surface area contributed by atoms with Crippen molar-refractivity contribution in [3.63, 3.8) is 0 Å². The molecule has 8 heteroatoms. The quantitative estimate of drug-likeness (QED) is 0.507. The molecule has 2 heterocycles. The second kappa shape index (κ2) is 9.75. The van der Waals surface area contributed by atoms with E-state index in [9.17, 15) is 13.2 Å². The van der Waals surface area contributed by atoms with Crippen molar-refractivity contribution in [1.82, 2.24) is 9.29 Å². The van der Waals surface area contributed by atoms with E-state index in [1.165, 1.54) is 21.2 Å². The summed E-state index contributed by atoms with van der Waals surface area (Å²) in [6.45, 7) is 6.55. The summed E-state index contributed by atoms with van der Waals surface area (Å²) in [5.41, 5.74) is 4.02. The van der Waals surface area contributed by atoms with Crippen LogP contribution in [0.4, 0.5) is 5.13 Å². The average Bonchev–Trinajstić information content (AvgIpc) is 3.28. The Bertz CT molecular complexity index is 1220. The van der Waals surface area contributed by atoms with Crippen molar-refractivity contribution in [3.8, 4) is 11.3 Å². The summed E-state index contributed by atoms with van der Waals surface area (Å²) in [6.07, 6.45) is 2.04. The lowest BCUT2D eigenvalue weighted by molar-refractivity contribution is -0.120. The SMILES string of the molecule is Cc1ccc(S(=O)(=O)N2CCCC[C@@H]2C(=O)Nc2nc(-c3ccc(C(C)C)cc3)cs2)cc1. The molecule has 174 valence electrons. The van der Waals surface area contributed by atoms with Crippen molar-refractivity contribution in [1.29, 1.82) is 0 Å². The van der Waals surface area contributed by atoms with Gasteiger partial charge in [-0.3, -0.25) is 4.79 Å². The first-order chi connectivity index (χ1) is 15.8. The van der Waals surface area contributed by atoms with Gasteiger partial charge in [-0.25, -0.2) is 13.4 Å². The summed E-state index contributed by atoms with van der Waals surface area (Å²) in [7, 11) is -3.76. The minimum Gasteiger partial charge on any atom is -0.301 e. The number of hydrogen-bond acceptors (Lipinski definition) is 5. The first kappa shape index (κ1) is 23.6. The second-order valence-electron chi connectivity index (χ2n) is 8.74. The monoisotopic (exact) mass is 483 g/mol. The fourth-order valence-corrected chi connectivity index (χ4v) is 6.37. The third-order valence-electron chi connectivity index (χ3n) is 5.99. The second-order valence-corrected chi connectivity index (χ2v) is 11.5.